The highest BCUT2D eigenvalue weighted by Crippen LogP contribution is 2.28. The fourth-order valence-electron chi connectivity index (χ4n) is 10.7. The molecule has 5 aromatic carbocycles. The molecule has 3 saturated heterocycles. The minimum Gasteiger partial charge on any atom is -0.489 e. The summed E-state index contributed by atoms with van der Waals surface area (Å²) in [6.07, 6.45) is 2.58. The number of carbonyl (C=O) groups is 6. The van der Waals surface area contributed by atoms with Gasteiger partial charge in [-0.25, -0.2) is 0 Å². The summed E-state index contributed by atoms with van der Waals surface area (Å²) < 4.78 is 12.0. The number of hydrogen-bond donors (Lipinski definition) is 6. The van der Waals surface area contributed by atoms with E-state index in [1.165, 1.54) is 9.80 Å². The molecule has 1 aromatic heterocycles. The van der Waals surface area contributed by atoms with Crippen molar-refractivity contribution in [1.82, 2.24) is 46.3 Å². The molecule has 394 valence electrons. The van der Waals surface area contributed by atoms with E-state index in [-0.39, 0.29) is 58.5 Å². The Bertz CT molecular complexity index is 3000. The van der Waals surface area contributed by atoms with E-state index in [0.717, 1.165) is 38.7 Å². The van der Waals surface area contributed by atoms with Crippen LogP contribution in [0.25, 0.3) is 10.9 Å². The number of hydrogen-bond acceptors (Lipinski definition) is 10. The number of rotatable bonds is 12. The van der Waals surface area contributed by atoms with Gasteiger partial charge in [-0.05, 0) is 64.4 Å². The number of carbonyl (C=O) groups excluding carboxylic acids is 6. The van der Waals surface area contributed by atoms with E-state index in [1.54, 1.807) is 6.20 Å². The topological polar surface area (TPSA) is 207 Å². The molecule has 10 rings (SSSR count). The Labute approximate surface area is 442 Å². The molecule has 0 aliphatic carbocycles. The maximum Gasteiger partial charge on any atom is 0.246 e. The maximum absolute atomic E-state index is 15.7. The summed E-state index contributed by atoms with van der Waals surface area (Å²) >= 11 is 0. The number of piperazine rings is 1. The summed E-state index contributed by atoms with van der Waals surface area (Å²) in [6.45, 7) is 3.10. The number of morpholine rings is 1. The lowest BCUT2D eigenvalue weighted by molar-refractivity contribution is -0.157. The Balaban J connectivity index is 1.03. The van der Waals surface area contributed by atoms with Crippen LogP contribution in [-0.2, 0) is 72.3 Å². The minimum atomic E-state index is -1.23. The van der Waals surface area contributed by atoms with Crippen molar-refractivity contribution in [2.45, 2.75) is 81.5 Å². The molecule has 17 heteroatoms. The molecule has 0 radical (unpaired) electrons. The first-order valence-corrected chi connectivity index (χ1v) is 26.4. The van der Waals surface area contributed by atoms with E-state index in [2.05, 4.69) is 36.5 Å². The largest absolute Gasteiger partial charge is 0.489 e. The molecule has 6 amide bonds. The number of aromatic nitrogens is 1. The Morgan fingerprint density at radius 1 is 0.553 bits per heavy atom. The van der Waals surface area contributed by atoms with Crippen LogP contribution in [0.1, 0.15) is 39.8 Å². The molecule has 5 heterocycles. The van der Waals surface area contributed by atoms with Gasteiger partial charge in [0.15, 0.2) is 0 Å². The summed E-state index contributed by atoms with van der Waals surface area (Å²) in [5, 5.41) is 16.3. The zero-order valence-electron chi connectivity index (χ0n) is 42.5. The fraction of sp³-hybridized carbons (Fsp3) is 0.356. The van der Waals surface area contributed by atoms with Crippen molar-refractivity contribution in [2.75, 3.05) is 52.5 Å². The Kier molecular flexibility index (Phi) is 16.4. The van der Waals surface area contributed by atoms with Gasteiger partial charge in [0.25, 0.3) is 0 Å². The lowest BCUT2D eigenvalue weighted by Crippen LogP contribution is -2.66. The maximum atomic E-state index is 15.7. The van der Waals surface area contributed by atoms with Gasteiger partial charge in [-0.3, -0.25) is 33.7 Å². The van der Waals surface area contributed by atoms with Crippen molar-refractivity contribution in [2.24, 2.45) is 0 Å². The van der Waals surface area contributed by atoms with Crippen molar-refractivity contribution in [1.29, 1.82) is 0 Å². The van der Waals surface area contributed by atoms with Crippen molar-refractivity contribution in [3.63, 3.8) is 0 Å². The molecule has 0 saturated carbocycles. The molecule has 6 atom stereocenters. The van der Waals surface area contributed by atoms with Crippen molar-refractivity contribution < 1.29 is 38.2 Å². The molecule has 0 spiro atoms. The van der Waals surface area contributed by atoms with Crippen molar-refractivity contribution >= 4 is 46.3 Å². The Morgan fingerprint density at radius 3 is 1.97 bits per heavy atom. The smallest absolute Gasteiger partial charge is 0.246 e. The molecule has 0 bridgehead atoms. The number of nitrogens with one attached hydrogen (secondary N) is 6. The zero-order chi connectivity index (χ0) is 52.4. The van der Waals surface area contributed by atoms with Gasteiger partial charge in [-0.15, -0.1) is 0 Å². The van der Waals surface area contributed by atoms with E-state index >= 15 is 19.2 Å². The van der Waals surface area contributed by atoms with Crippen LogP contribution in [0.5, 0.6) is 5.75 Å². The number of amides is 6. The second-order valence-corrected chi connectivity index (χ2v) is 20.1. The number of H-pyrrole nitrogens is 1. The SMILES string of the molecule is O=C1N[C@@H](Cc2ccc(OCc3ccccc3)cc2)C(=O)N2Cc3ccccc3C[C@H]2C(=O)N2CCOC[C@H]2C(=O)N[C@H](CCc2ccccc2)C(=O)N[C@H](Cc2c[nH]c3ccccc23)C(=O)N[C@H]1CN1CCNCC1. The predicted octanol–water partition coefficient (Wildman–Crippen LogP) is 3.20. The van der Waals surface area contributed by atoms with E-state index < -0.39 is 71.7 Å². The molecule has 76 heavy (non-hydrogen) atoms. The first-order chi connectivity index (χ1) is 37.1. The minimum absolute atomic E-state index is 0.0309. The van der Waals surface area contributed by atoms with Crippen LogP contribution in [0.4, 0.5) is 0 Å². The fourth-order valence-corrected chi connectivity index (χ4v) is 10.7. The zero-order valence-corrected chi connectivity index (χ0v) is 42.5. The average Bonchev–Trinajstić information content (AvgIpc) is 3.89. The monoisotopic (exact) mass is 1030 g/mol. The van der Waals surface area contributed by atoms with Gasteiger partial charge >= 0.3 is 0 Å². The van der Waals surface area contributed by atoms with E-state index in [9.17, 15) is 9.59 Å². The molecule has 17 nitrogen and oxygen atoms in total. The van der Waals surface area contributed by atoms with Gasteiger partial charge in [0.05, 0.1) is 13.2 Å². The third-order valence-electron chi connectivity index (χ3n) is 15.0. The first kappa shape index (κ1) is 51.6. The summed E-state index contributed by atoms with van der Waals surface area (Å²) in [5.74, 6) is -2.78. The standard InChI is InChI=1S/C59H65N9O8/c69-54-48(24-21-39-11-3-1-4-12-39)62-57(72)53-38-75-30-29-67(53)59(74)52-33-42-15-7-8-16-43(42)35-68(52)58(73)50(31-40-19-22-45(23-20-40)76-37-41-13-5-2-6-14-41)64-56(71)51(36-66-27-25-60-26-28-66)65-55(70)49(63-54)32-44-34-61-47-18-10-9-17-46(44)47/h1-20,22-23,34,48-53,60-61H,21,24-33,35-38H2,(H,62,72)(H,63,69)(H,64,71)(H,65,70)/t48-,49-,50+,51+,52+,53+/m1/s1. The highest BCUT2D eigenvalue weighted by Gasteiger charge is 2.45. The second-order valence-electron chi connectivity index (χ2n) is 20.1. The van der Waals surface area contributed by atoms with Crippen LogP contribution >= 0.6 is 0 Å². The number of aromatic amines is 1. The number of ether oxygens (including phenoxy) is 2. The average molecular weight is 1030 g/mol. The quantitative estimate of drug-likeness (QED) is 0.106. The van der Waals surface area contributed by atoms with Crippen LogP contribution in [0.15, 0.2) is 140 Å². The third-order valence-corrected chi connectivity index (χ3v) is 15.0. The summed E-state index contributed by atoms with van der Waals surface area (Å²) in [5.41, 5.74) is 5.97. The van der Waals surface area contributed by atoms with Gasteiger partial charge < -0.3 is 50.8 Å². The number of para-hydroxylation sites is 1. The Morgan fingerprint density at radius 2 is 1.20 bits per heavy atom. The molecule has 6 aromatic rings. The molecular formula is C59H65N9O8. The number of nitrogens with zero attached hydrogens (tertiary/aromatic N) is 3. The highest BCUT2D eigenvalue weighted by molar-refractivity contribution is 5.99. The summed E-state index contributed by atoms with van der Waals surface area (Å²) in [7, 11) is 0. The van der Waals surface area contributed by atoms with Crippen molar-refractivity contribution in [3.05, 3.63) is 173 Å². The first-order valence-electron chi connectivity index (χ1n) is 26.4. The summed E-state index contributed by atoms with van der Waals surface area (Å²) in [4.78, 5) is 99.4. The van der Waals surface area contributed by atoms with Gasteiger partial charge in [-0.2, -0.15) is 0 Å². The van der Waals surface area contributed by atoms with Gasteiger partial charge in [0.1, 0.15) is 48.6 Å². The van der Waals surface area contributed by atoms with Crippen LogP contribution in [0, 0.1) is 0 Å². The van der Waals surface area contributed by atoms with Gasteiger partial charge in [0, 0.05) is 82.2 Å². The number of fused-ring (bicyclic) bond motifs is 4. The predicted molar refractivity (Wildman–Crippen MR) is 286 cm³/mol. The van der Waals surface area contributed by atoms with Crippen molar-refractivity contribution in [3.8, 4) is 5.75 Å². The highest BCUT2D eigenvalue weighted by atomic mass is 16.5. The molecule has 6 N–H and O–H groups in total. The lowest BCUT2D eigenvalue weighted by Gasteiger charge is -2.43. The molecule has 3 fully saturated rings. The second kappa shape index (κ2) is 24.2. The van der Waals surface area contributed by atoms with E-state index in [0.29, 0.717) is 50.5 Å². The van der Waals surface area contributed by atoms with Crippen LogP contribution in [-0.4, -0.2) is 144 Å². The van der Waals surface area contributed by atoms with Gasteiger partial charge in [-0.1, -0.05) is 115 Å². The number of benzene rings is 5. The molecule has 4 aliphatic rings. The molecule has 0 unspecified atom stereocenters. The lowest BCUT2D eigenvalue weighted by atomic mass is 9.91. The van der Waals surface area contributed by atoms with E-state index in [1.807, 2.05) is 133 Å². The van der Waals surface area contributed by atoms with E-state index in [4.69, 9.17) is 9.47 Å². The summed E-state index contributed by atoms with van der Waals surface area (Å²) in [6, 6.07) is 35.0. The van der Waals surface area contributed by atoms with Crippen LogP contribution < -0.4 is 31.3 Å². The molecule has 4 aliphatic heterocycles. The Hall–Kier alpha value is -7.86. The molecular weight excluding hydrogens is 963 g/mol. The van der Waals surface area contributed by atoms with Gasteiger partial charge in [0.2, 0.25) is 35.4 Å². The van der Waals surface area contributed by atoms with Crippen LogP contribution in [0.2, 0.25) is 0 Å². The number of aryl methyl sites for hydroxylation is 1. The third kappa shape index (κ3) is 12.4. The normalized spacial score (nSPS) is 23.2. The van der Waals surface area contributed by atoms with Crippen LogP contribution in [0.3, 0.4) is 0 Å².